The SMILES string of the molecule is CCC[C@@H](NC(=O)c1ccccc1OCC(=O)NC(C)(C)C)C(=O)N1CCC[C@@H]1C(=O)N1CCN(C)CC1. The van der Waals surface area contributed by atoms with Crippen LogP contribution in [0.4, 0.5) is 0 Å². The summed E-state index contributed by atoms with van der Waals surface area (Å²) in [4.78, 5) is 58.1. The number of carbonyl (C=O) groups excluding carboxylic acids is 4. The van der Waals surface area contributed by atoms with Crippen LogP contribution < -0.4 is 15.4 Å². The molecule has 0 aromatic heterocycles. The lowest BCUT2D eigenvalue weighted by atomic mass is 10.1. The smallest absolute Gasteiger partial charge is 0.258 e. The second kappa shape index (κ2) is 13.1. The molecule has 10 nitrogen and oxygen atoms in total. The zero-order valence-electron chi connectivity index (χ0n) is 23.4. The lowest BCUT2D eigenvalue weighted by Crippen LogP contribution is -2.56. The number of carbonyl (C=O) groups is 4. The summed E-state index contributed by atoms with van der Waals surface area (Å²) in [5.41, 5.74) is -0.152. The molecule has 2 saturated heterocycles. The zero-order valence-corrected chi connectivity index (χ0v) is 23.4. The first-order valence-electron chi connectivity index (χ1n) is 13.6. The normalized spacial score (nSPS) is 19.1. The van der Waals surface area contributed by atoms with E-state index in [0.29, 0.717) is 38.9 Å². The standard InChI is InChI=1S/C28H43N5O5/c1-6-10-21(26(36)33-14-9-12-22(33)27(37)32-17-15-31(5)16-18-32)29-25(35)20-11-7-8-13-23(20)38-19-24(34)30-28(2,3)4/h7-8,11,13,21-22H,6,9-10,12,14-19H2,1-5H3,(H,29,35)(H,30,34)/t21-,22-/m1/s1. The molecule has 2 aliphatic heterocycles. The number of nitrogens with one attached hydrogen (secondary N) is 2. The van der Waals surface area contributed by atoms with E-state index in [-0.39, 0.29) is 35.6 Å². The number of likely N-dealkylation sites (N-methyl/N-ethyl adjacent to an activating group) is 1. The average Bonchev–Trinajstić information content (AvgIpc) is 3.36. The summed E-state index contributed by atoms with van der Waals surface area (Å²) in [6.07, 6.45) is 2.53. The molecule has 0 bridgehead atoms. The monoisotopic (exact) mass is 529 g/mol. The van der Waals surface area contributed by atoms with Gasteiger partial charge in [0.1, 0.15) is 17.8 Å². The number of hydrogen-bond acceptors (Lipinski definition) is 6. The van der Waals surface area contributed by atoms with Crippen LogP contribution in [0.5, 0.6) is 5.75 Å². The quantitative estimate of drug-likeness (QED) is 0.503. The zero-order chi connectivity index (χ0) is 27.9. The maximum absolute atomic E-state index is 13.6. The summed E-state index contributed by atoms with van der Waals surface area (Å²) in [6, 6.07) is 5.42. The van der Waals surface area contributed by atoms with Gasteiger partial charge in [-0.25, -0.2) is 0 Å². The number of ether oxygens (including phenoxy) is 1. The minimum Gasteiger partial charge on any atom is -0.483 e. The van der Waals surface area contributed by atoms with Gasteiger partial charge in [0, 0.05) is 38.3 Å². The van der Waals surface area contributed by atoms with E-state index >= 15 is 0 Å². The van der Waals surface area contributed by atoms with Gasteiger partial charge >= 0.3 is 0 Å². The second-order valence-electron chi connectivity index (χ2n) is 11.2. The minimum atomic E-state index is -0.759. The molecule has 2 N–H and O–H groups in total. The third-order valence-corrected chi connectivity index (χ3v) is 6.82. The van der Waals surface area contributed by atoms with Crippen molar-refractivity contribution in [3.05, 3.63) is 29.8 Å². The third kappa shape index (κ3) is 7.93. The Morgan fingerprint density at radius 3 is 2.39 bits per heavy atom. The molecule has 0 aliphatic carbocycles. The highest BCUT2D eigenvalue weighted by molar-refractivity contribution is 6.00. The molecule has 0 unspecified atom stereocenters. The van der Waals surface area contributed by atoms with Crippen LogP contribution in [0, 0.1) is 0 Å². The van der Waals surface area contributed by atoms with Crippen LogP contribution in [-0.4, -0.2) is 102 Å². The molecule has 2 fully saturated rings. The molecule has 2 aliphatic rings. The van der Waals surface area contributed by atoms with Crippen molar-refractivity contribution in [3.63, 3.8) is 0 Å². The molecule has 0 spiro atoms. The van der Waals surface area contributed by atoms with E-state index in [1.165, 1.54) is 0 Å². The number of amides is 4. The molecular formula is C28H43N5O5. The van der Waals surface area contributed by atoms with Gasteiger partial charge in [-0.1, -0.05) is 25.5 Å². The molecule has 38 heavy (non-hydrogen) atoms. The van der Waals surface area contributed by atoms with Gasteiger partial charge in [0.15, 0.2) is 6.61 Å². The second-order valence-corrected chi connectivity index (χ2v) is 11.2. The predicted octanol–water partition coefficient (Wildman–Crippen LogP) is 1.64. The Hall–Kier alpha value is -3.14. The average molecular weight is 530 g/mol. The van der Waals surface area contributed by atoms with Crippen LogP contribution >= 0.6 is 0 Å². The lowest BCUT2D eigenvalue weighted by molar-refractivity contribution is -0.145. The van der Waals surface area contributed by atoms with Crippen LogP contribution in [0.15, 0.2) is 24.3 Å². The van der Waals surface area contributed by atoms with Crippen LogP contribution in [-0.2, 0) is 14.4 Å². The van der Waals surface area contributed by atoms with Gasteiger partial charge in [0.2, 0.25) is 11.8 Å². The summed E-state index contributed by atoms with van der Waals surface area (Å²) in [5.74, 6) is -0.714. The van der Waals surface area contributed by atoms with E-state index in [4.69, 9.17) is 4.74 Å². The number of likely N-dealkylation sites (tertiary alicyclic amines) is 1. The van der Waals surface area contributed by atoms with Crippen molar-refractivity contribution in [1.29, 1.82) is 0 Å². The fourth-order valence-electron chi connectivity index (χ4n) is 4.88. The number of hydrogen-bond donors (Lipinski definition) is 2. The molecule has 1 aromatic rings. The van der Waals surface area contributed by atoms with Crippen molar-refractivity contribution in [3.8, 4) is 5.75 Å². The van der Waals surface area contributed by atoms with E-state index in [2.05, 4.69) is 15.5 Å². The fourth-order valence-corrected chi connectivity index (χ4v) is 4.88. The fraction of sp³-hybridized carbons (Fsp3) is 0.643. The Morgan fingerprint density at radius 2 is 1.74 bits per heavy atom. The molecule has 4 amide bonds. The highest BCUT2D eigenvalue weighted by Gasteiger charge is 2.39. The van der Waals surface area contributed by atoms with Crippen molar-refractivity contribution in [1.82, 2.24) is 25.3 Å². The van der Waals surface area contributed by atoms with E-state index in [1.807, 2.05) is 39.6 Å². The van der Waals surface area contributed by atoms with Gasteiger partial charge in [0.25, 0.3) is 11.8 Å². The molecule has 0 radical (unpaired) electrons. The summed E-state index contributed by atoms with van der Waals surface area (Å²) in [7, 11) is 2.04. The van der Waals surface area contributed by atoms with E-state index in [0.717, 1.165) is 19.5 Å². The van der Waals surface area contributed by atoms with Crippen LogP contribution in [0.1, 0.15) is 63.7 Å². The number of rotatable bonds is 9. The van der Waals surface area contributed by atoms with Crippen LogP contribution in [0.25, 0.3) is 0 Å². The summed E-state index contributed by atoms with van der Waals surface area (Å²) in [5, 5.41) is 5.70. The molecule has 0 saturated carbocycles. The van der Waals surface area contributed by atoms with Gasteiger partial charge in [-0.2, -0.15) is 0 Å². The van der Waals surface area contributed by atoms with Gasteiger partial charge < -0.3 is 30.1 Å². The van der Waals surface area contributed by atoms with E-state index in [9.17, 15) is 19.2 Å². The Morgan fingerprint density at radius 1 is 1.05 bits per heavy atom. The first-order valence-corrected chi connectivity index (χ1v) is 13.6. The molecule has 2 heterocycles. The number of piperazine rings is 1. The molecule has 1 aromatic carbocycles. The van der Waals surface area contributed by atoms with Crippen LogP contribution in [0.3, 0.4) is 0 Å². The van der Waals surface area contributed by atoms with Crippen molar-refractivity contribution in [2.45, 2.75) is 71.0 Å². The predicted molar refractivity (Wildman–Crippen MR) is 145 cm³/mol. The maximum atomic E-state index is 13.6. The number of benzene rings is 1. The van der Waals surface area contributed by atoms with Crippen molar-refractivity contribution in [2.75, 3.05) is 46.4 Å². The topological polar surface area (TPSA) is 111 Å². The first-order chi connectivity index (χ1) is 18.0. The van der Waals surface area contributed by atoms with Crippen molar-refractivity contribution in [2.24, 2.45) is 0 Å². The molecule has 2 atom stereocenters. The lowest BCUT2D eigenvalue weighted by Gasteiger charge is -2.36. The molecular weight excluding hydrogens is 486 g/mol. The minimum absolute atomic E-state index is 0.00203. The largest absolute Gasteiger partial charge is 0.483 e. The Bertz CT molecular complexity index is 1000. The first kappa shape index (κ1) is 29.4. The van der Waals surface area contributed by atoms with Gasteiger partial charge in [-0.05, 0) is 59.2 Å². The Balaban J connectivity index is 1.68. The number of para-hydroxylation sites is 1. The number of nitrogens with zero attached hydrogens (tertiary/aromatic N) is 3. The maximum Gasteiger partial charge on any atom is 0.258 e. The van der Waals surface area contributed by atoms with E-state index < -0.39 is 23.5 Å². The van der Waals surface area contributed by atoms with Gasteiger partial charge in [-0.15, -0.1) is 0 Å². The van der Waals surface area contributed by atoms with Gasteiger partial charge in [-0.3, -0.25) is 19.2 Å². The van der Waals surface area contributed by atoms with Gasteiger partial charge in [0.05, 0.1) is 5.56 Å². The van der Waals surface area contributed by atoms with E-state index in [1.54, 1.807) is 29.2 Å². The summed E-state index contributed by atoms with van der Waals surface area (Å²) >= 11 is 0. The van der Waals surface area contributed by atoms with Crippen molar-refractivity contribution >= 4 is 23.6 Å². The third-order valence-electron chi connectivity index (χ3n) is 6.82. The summed E-state index contributed by atoms with van der Waals surface area (Å²) in [6.45, 7) is 10.8. The Kier molecular flexibility index (Phi) is 10.1. The Labute approximate surface area is 226 Å². The summed E-state index contributed by atoms with van der Waals surface area (Å²) < 4.78 is 5.67. The van der Waals surface area contributed by atoms with Crippen molar-refractivity contribution < 1.29 is 23.9 Å². The highest BCUT2D eigenvalue weighted by atomic mass is 16.5. The molecule has 3 rings (SSSR count). The highest BCUT2D eigenvalue weighted by Crippen LogP contribution is 2.23. The molecule has 210 valence electrons. The van der Waals surface area contributed by atoms with Crippen LogP contribution in [0.2, 0.25) is 0 Å². The molecule has 10 heteroatoms.